The highest BCUT2D eigenvalue weighted by molar-refractivity contribution is 5.93. The molecule has 2 aliphatic rings. The van der Waals surface area contributed by atoms with E-state index in [-0.39, 0.29) is 5.91 Å². The Labute approximate surface area is 164 Å². The van der Waals surface area contributed by atoms with Crippen molar-refractivity contribution in [1.82, 2.24) is 19.9 Å². The number of carbonyl (C=O) groups excluding carboxylic acids is 1. The number of piperidine rings is 1. The minimum Gasteiger partial charge on any atom is -0.347 e. The SMILES string of the molecule is CN(CCc1ccncc1)C(=O)c1cnc(N2CCC3(CC2)OCCO3)nc1. The van der Waals surface area contributed by atoms with Gasteiger partial charge in [-0.3, -0.25) is 9.78 Å². The van der Waals surface area contributed by atoms with Crippen LogP contribution in [0.4, 0.5) is 5.95 Å². The third-order valence-electron chi connectivity index (χ3n) is 5.34. The molecule has 8 nitrogen and oxygen atoms in total. The molecule has 2 aliphatic heterocycles. The Balaban J connectivity index is 1.31. The van der Waals surface area contributed by atoms with E-state index in [4.69, 9.17) is 9.47 Å². The van der Waals surface area contributed by atoms with Gasteiger partial charge in [0.25, 0.3) is 5.91 Å². The van der Waals surface area contributed by atoms with Crippen LogP contribution in [0.1, 0.15) is 28.8 Å². The second kappa shape index (κ2) is 8.20. The third-order valence-corrected chi connectivity index (χ3v) is 5.34. The molecule has 2 aromatic heterocycles. The van der Waals surface area contributed by atoms with Crippen LogP contribution >= 0.6 is 0 Å². The summed E-state index contributed by atoms with van der Waals surface area (Å²) in [6.07, 6.45) is 9.13. The molecule has 148 valence electrons. The Morgan fingerprint density at radius 3 is 2.43 bits per heavy atom. The minimum atomic E-state index is -0.413. The summed E-state index contributed by atoms with van der Waals surface area (Å²) in [4.78, 5) is 29.3. The quantitative estimate of drug-likeness (QED) is 0.774. The number of anilines is 1. The van der Waals surface area contributed by atoms with Gasteiger partial charge in [-0.15, -0.1) is 0 Å². The van der Waals surface area contributed by atoms with E-state index < -0.39 is 5.79 Å². The largest absolute Gasteiger partial charge is 0.347 e. The molecule has 2 saturated heterocycles. The van der Waals surface area contributed by atoms with Crippen molar-refractivity contribution < 1.29 is 14.3 Å². The Morgan fingerprint density at radius 1 is 1.14 bits per heavy atom. The van der Waals surface area contributed by atoms with Crippen molar-refractivity contribution in [2.45, 2.75) is 25.0 Å². The van der Waals surface area contributed by atoms with E-state index in [9.17, 15) is 4.79 Å². The molecular formula is C20H25N5O3. The topological polar surface area (TPSA) is 80.7 Å². The Morgan fingerprint density at radius 2 is 1.79 bits per heavy atom. The van der Waals surface area contributed by atoms with E-state index in [0.29, 0.717) is 31.3 Å². The number of ether oxygens (including phenoxy) is 2. The smallest absolute Gasteiger partial charge is 0.256 e. The van der Waals surface area contributed by atoms with E-state index in [1.54, 1.807) is 36.7 Å². The summed E-state index contributed by atoms with van der Waals surface area (Å²) < 4.78 is 11.5. The highest BCUT2D eigenvalue weighted by Crippen LogP contribution is 2.32. The van der Waals surface area contributed by atoms with Crippen molar-refractivity contribution >= 4 is 11.9 Å². The number of likely N-dealkylation sites (N-methyl/N-ethyl adjacent to an activating group) is 1. The molecule has 1 amide bonds. The van der Waals surface area contributed by atoms with Crippen LogP contribution < -0.4 is 4.90 Å². The fraction of sp³-hybridized carbons (Fsp3) is 0.500. The zero-order valence-electron chi connectivity index (χ0n) is 16.1. The third kappa shape index (κ3) is 4.13. The first-order chi connectivity index (χ1) is 13.7. The van der Waals surface area contributed by atoms with Crippen molar-refractivity contribution in [1.29, 1.82) is 0 Å². The second-order valence-electron chi connectivity index (χ2n) is 7.20. The van der Waals surface area contributed by atoms with Crippen LogP contribution in [0.25, 0.3) is 0 Å². The van der Waals surface area contributed by atoms with E-state index in [2.05, 4.69) is 19.9 Å². The zero-order valence-corrected chi connectivity index (χ0v) is 16.1. The number of nitrogens with zero attached hydrogens (tertiary/aromatic N) is 5. The van der Waals surface area contributed by atoms with Gasteiger partial charge >= 0.3 is 0 Å². The summed E-state index contributed by atoms with van der Waals surface area (Å²) in [7, 11) is 1.79. The van der Waals surface area contributed by atoms with E-state index >= 15 is 0 Å². The Bertz CT molecular complexity index is 783. The molecule has 28 heavy (non-hydrogen) atoms. The summed E-state index contributed by atoms with van der Waals surface area (Å²) in [6, 6.07) is 3.92. The maximum atomic E-state index is 12.6. The molecule has 4 rings (SSSR count). The summed E-state index contributed by atoms with van der Waals surface area (Å²) >= 11 is 0. The molecule has 8 heteroatoms. The van der Waals surface area contributed by atoms with Gasteiger partial charge in [0.15, 0.2) is 5.79 Å². The number of hydrogen-bond donors (Lipinski definition) is 0. The maximum absolute atomic E-state index is 12.6. The van der Waals surface area contributed by atoms with Crippen LogP contribution in [0.2, 0.25) is 0 Å². The lowest BCUT2D eigenvalue weighted by Crippen LogP contribution is -2.45. The first kappa shape index (κ1) is 18.8. The number of amides is 1. The van der Waals surface area contributed by atoms with Crippen LogP contribution in [-0.4, -0.2) is 71.4 Å². The first-order valence-electron chi connectivity index (χ1n) is 9.64. The normalized spacial score (nSPS) is 18.4. The van der Waals surface area contributed by atoms with Crippen molar-refractivity contribution in [3.63, 3.8) is 0 Å². The Hall–Kier alpha value is -2.58. The minimum absolute atomic E-state index is 0.0778. The van der Waals surface area contributed by atoms with Gasteiger partial charge in [0.2, 0.25) is 5.95 Å². The second-order valence-corrected chi connectivity index (χ2v) is 7.20. The Kier molecular flexibility index (Phi) is 5.50. The molecule has 0 unspecified atom stereocenters. The molecular weight excluding hydrogens is 358 g/mol. The number of rotatable bonds is 5. The highest BCUT2D eigenvalue weighted by Gasteiger charge is 2.40. The molecule has 0 radical (unpaired) electrons. The molecule has 0 N–H and O–H groups in total. The van der Waals surface area contributed by atoms with Gasteiger partial charge in [-0.1, -0.05) is 0 Å². The lowest BCUT2D eigenvalue weighted by Gasteiger charge is -2.37. The number of aromatic nitrogens is 3. The maximum Gasteiger partial charge on any atom is 0.256 e. The van der Waals surface area contributed by atoms with Crippen molar-refractivity contribution in [3.8, 4) is 0 Å². The van der Waals surface area contributed by atoms with Crippen LogP contribution in [0.15, 0.2) is 36.9 Å². The average Bonchev–Trinajstić information content (AvgIpc) is 3.21. The van der Waals surface area contributed by atoms with Gasteiger partial charge in [-0.05, 0) is 24.1 Å². The molecule has 2 fully saturated rings. The standard InChI is InChI=1S/C20H25N5O3/c1-24(9-4-16-2-7-21-8-3-16)18(26)17-14-22-19(23-15-17)25-10-5-20(6-11-25)27-12-13-28-20/h2-3,7-8,14-15H,4-6,9-13H2,1H3. The van der Waals surface area contributed by atoms with Gasteiger partial charge in [0.1, 0.15) is 0 Å². The molecule has 1 spiro atoms. The van der Waals surface area contributed by atoms with Crippen molar-refractivity contribution in [2.24, 2.45) is 0 Å². The lowest BCUT2D eigenvalue weighted by molar-refractivity contribution is -0.169. The van der Waals surface area contributed by atoms with Crippen LogP contribution in [0, 0.1) is 0 Å². The molecule has 4 heterocycles. The fourth-order valence-corrected chi connectivity index (χ4v) is 3.60. The van der Waals surface area contributed by atoms with Crippen LogP contribution in [-0.2, 0) is 15.9 Å². The van der Waals surface area contributed by atoms with Crippen LogP contribution in [0.3, 0.4) is 0 Å². The van der Waals surface area contributed by atoms with Gasteiger partial charge in [0.05, 0.1) is 18.8 Å². The molecule has 0 saturated carbocycles. The average molecular weight is 383 g/mol. The molecule has 0 bridgehead atoms. The summed E-state index contributed by atoms with van der Waals surface area (Å²) in [5.74, 6) is 0.152. The van der Waals surface area contributed by atoms with E-state index in [0.717, 1.165) is 37.9 Å². The molecule has 2 aromatic rings. The van der Waals surface area contributed by atoms with Crippen molar-refractivity contribution in [2.75, 3.05) is 44.8 Å². The van der Waals surface area contributed by atoms with Crippen LogP contribution in [0.5, 0.6) is 0 Å². The van der Waals surface area contributed by atoms with Crippen molar-refractivity contribution in [3.05, 3.63) is 48.0 Å². The summed E-state index contributed by atoms with van der Waals surface area (Å²) in [5.41, 5.74) is 1.65. The number of pyridine rings is 1. The van der Waals surface area contributed by atoms with E-state index in [1.165, 1.54) is 0 Å². The molecule has 0 aromatic carbocycles. The van der Waals surface area contributed by atoms with E-state index in [1.807, 2.05) is 12.1 Å². The number of carbonyl (C=O) groups is 1. The highest BCUT2D eigenvalue weighted by atomic mass is 16.7. The molecule has 0 atom stereocenters. The first-order valence-corrected chi connectivity index (χ1v) is 9.64. The van der Waals surface area contributed by atoms with Gasteiger partial charge < -0.3 is 19.3 Å². The predicted octanol–water partition coefficient (Wildman–Crippen LogP) is 1.53. The van der Waals surface area contributed by atoms with Gasteiger partial charge in [0, 0.05) is 64.3 Å². The molecule has 0 aliphatic carbocycles. The zero-order chi connectivity index (χ0) is 19.4. The van der Waals surface area contributed by atoms with Gasteiger partial charge in [-0.2, -0.15) is 0 Å². The number of hydrogen-bond acceptors (Lipinski definition) is 7. The monoisotopic (exact) mass is 383 g/mol. The summed E-state index contributed by atoms with van der Waals surface area (Å²) in [5, 5.41) is 0. The van der Waals surface area contributed by atoms with Gasteiger partial charge in [-0.25, -0.2) is 9.97 Å². The lowest BCUT2D eigenvalue weighted by atomic mass is 10.0. The fourth-order valence-electron chi connectivity index (χ4n) is 3.60. The predicted molar refractivity (Wildman–Crippen MR) is 103 cm³/mol. The summed E-state index contributed by atoms with van der Waals surface area (Å²) in [6.45, 7) is 3.51.